The molecule has 0 aromatic rings. The molecule has 3 N–H and O–H groups in total. The molecule has 1 saturated heterocycles. The highest BCUT2D eigenvalue weighted by atomic mass is 19.4. The van der Waals surface area contributed by atoms with Crippen molar-refractivity contribution in [3.05, 3.63) is 0 Å². The van der Waals surface area contributed by atoms with E-state index in [2.05, 4.69) is 0 Å². The molecule has 7 heteroatoms. The van der Waals surface area contributed by atoms with E-state index in [4.69, 9.17) is 0 Å². The molecule has 0 aromatic heterocycles. The number of likely N-dealkylation sites (tertiary alicyclic amines) is 1. The van der Waals surface area contributed by atoms with Gasteiger partial charge in [0, 0.05) is 13.1 Å². The normalized spacial score (nSPS) is 39.4. The summed E-state index contributed by atoms with van der Waals surface area (Å²) in [7, 11) is 0. The van der Waals surface area contributed by atoms with E-state index in [0.29, 0.717) is 32.5 Å². The van der Waals surface area contributed by atoms with Crippen LogP contribution in [0.1, 0.15) is 32.1 Å². The van der Waals surface area contributed by atoms with Crippen LogP contribution in [0.5, 0.6) is 0 Å². The molecule has 0 radical (unpaired) electrons. The van der Waals surface area contributed by atoms with Crippen LogP contribution >= 0.6 is 0 Å². The number of β-amino-alcohol motifs (C(OH)–C–C–N with tert-alkyl or cyclic N) is 2. The van der Waals surface area contributed by atoms with Gasteiger partial charge in [-0.3, -0.25) is 4.90 Å². The molecule has 4 nitrogen and oxygen atoms in total. The van der Waals surface area contributed by atoms with Gasteiger partial charge in [-0.05, 0) is 44.6 Å². The topological polar surface area (TPSA) is 63.9 Å². The van der Waals surface area contributed by atoms with Crippen molar-refractivity contribution in [1.29, 1.82) is 0 Å². The van der Waals surface area contributed by atoms with Gasteiger partial charge in [0.1, 0.15) is 6.10 Å². The second-order valence-electron chi connectivity index (χ2n) is 6.43. The summed E-state index contributed by atoms with van der Waals surface area (Å²) in [5.74, 6) is -0.868. The van der Waals surface area contributed by atoms with Gasteiger partial charge in [0.25, 0.3) is 0 Å². The van der Waals surface area contributed by atoms with Gasteiger partial charge < -0.3 is 15.3 Å². The summed E-state index contributed by atoms with van der Waals surface area (Å²) >= 11 is 0. The van der Waals surface area contributed by atoms with Crippen molar-refractivity contribution in [2.75, 3.05) is 19.6 Å². The van der Waals surface area contributed by atoms with E-state index in [1.54, 1.807) is 0 Å². The molecule has 0 bridgehead atoms. The van der Waals surface area contributed by atoms with Crippen molar-refractivity contribution < 1.29 is 28.5 Å². The van der Waals surface area contributed by atoms with Gasteiger partial charge in [-0.2, -0.15) is 13.2 Å². The van der Waals surface area contributed by atoms with Crippen LogP contribution in [0.4, 0.5) is 13.2 Å². The van der Waals surface area contributed by atoms with Crippen molar-refractivity contribution in [3.8, 4) is 0 Å². The van der Waals surface area contributed by atoms with Gasteiger partial charge in [-0.25, -0.2) is 0 Å². The zero-order valence-electron chi connectivity index (χ0n) is 12.0. The van der Waals surface area contributed by atoms with Gasteiger partial charge in [-0.1, -0.05) is 0 Å². The number of alkyl halides is 3. The number of rotatable bonds is 3. The maximum Gasteiger partial charge on any atom is 0.391 e. The first-order chi connectivity index (χ1) is 9.77. The van der Waals surface area contributed by atoms with E-state index >= 15 is 0 Å². The molecule has 21 heavy (non-hydrogen) atoms. The lowest BCUT2D eigenvalue weighted by molar-refractivity contribution is -0.184. The number of hydrogen-bond acceptors (Lipinski definition) is 4. The fourth-order valence-corrected chi connectivity index (χ4v) is 3.40. The second kappa shape index (κ2) is 6.81. The van der Waals surface area contributed by atoms with Crippen LogP contribution in [0.15, 0.2) is 0 Å². The Hall–Kier alpha value is -0.370. The largest absolute Gasteiger partial charge is 0.391 e. The molecule has 2 atom stereocenters. The standard InChI is InChI=1S/C14H24F3NO3/c15-14(16,17)10-3-1-9(2-4-10)5-6-18-7-11(19)13(21)12(20)8-18/h9-13,19-21H,1-8H2. The Bertz CT molecular complexity index is 320. The molecule has 2 rings (SSSR count). The Labute approximate surface area is 122 Å². The fourth-order valence-electron chi connectivity index (χ4n) is 3.40. The molecule has 0 amide bonds. The highest BCUT2D eigenvalue weighted by molar-refractivity contribution is 4.87. The fraction of sp³-hybridized carbons (Fsp3) is 1.00. The zero-order valence-corrected chi connectivity index (χ0v) is 12.0. The van der Waals surface area contributed by atoms with Crippen molar-refractivity contribution in [2.45, 2.75) is 56.6 Å². The van der Waals surface area contributed by atoms with E-state index < -0.39 is 30.4 Å². The van der Waals surface area contributed by atoms with Crippen LogP contribution in [0.2, 0.25) is 0 Å². The first kappa shape index (κ1) is 17.0. The highest BCUT2D eigenvalue weighted by Crippen LogP contribution is 2.40. The predicted molar refractivity (Wildman–Crippen MR) is 70.6 cm³/mol. The summed E-state index contributed by atoms with van der Waals surface area (Å²) in [5.41, 5.74) is 0. The van der Waals surface area contributed by atoms with Crippen LogP contribution in [-0.2, 0) is 0 Å². The molecule has 1 aliphatic heterocycles. The molecule has 0 spiro atoms. The van der Waals surface area contributed by atoms with E-state index in [1.807, 2.05) is 4.90 Å². The van der Waals surface area contributed by atoms with Gasteiger partial charge >= 0.3 is 6.18 Å². The van der Waals surface area contributed by atoms with Gasteiger partial charge in [0.15, 0.2) is 0 Å². The molecule has 1 heterocycles. The SMILES string of the molecule is OC1CN(CCC2CCC(C(F)(F)F)CC2)CC(O)C1O. The number of piperidine rings is 1. The van der Waals surface area contributed by atoms with Gasteiger partial charge in [0.05, 0.1) is 18.1 Å². The summed E-state index contributed by atoms with van der Waals surface area (Å²) in [6.45, 7) is 1.24. The second-order valence-corrected chi connectivity index (χ2v) is 6.43. The lowest BCUT2D eigenvalue weighted by Gasteiger charge is -2.38. The molecule has 1 saturated carbocycles. The average Bonchev–Trinajstić information content (AvgIpc) is 2.42. The maximum atomic E-state index is 12.6. The molecule has 0 aromatic carbocycles. The predicted octanol–water partition coefficient (Wildman–Crippen LogP) is 1.14. The van der Waals surface area contributed by atoms with Crippen molar-refractivity contribution >= 4 is 0 Å². The average molecular weight is 311 g/mol. The minimum absolute atomic E-state index is 0.206. The first-order valence-corrected chi connectivity index (χ1v) is 7.60. The molecule has 2 aliphatic rings. The summed E-state index contributed by atoms with van der Waals surface area (Å²) in [4.78, 5) is 1.87. The monoisotopic (exact) mass is 311 g/mol. The summed E-state index contributed by atoms with van der Waals surface area (Å²) in [5, 5.41) is 28.7. The van der Waals surface area contributed by atoms with Crippen molar-refractivity contribution in [1.82, 2.24) is 4.90 Å². The van der Waals surface area contributed by atoms with Crippen molar-refractivity contribution in [2.24, 2.45) is 11.8 Å². The quantitative estimate of drug-likeness (QED) is 0.731. The number of nitrogens with zero attached hydrogens (tertiary/aromatic N) is 1. The molecule has 2 fully saturated rings. The third-order valence-corrected chi connectivity index (χ3v) is 4.84. The van der Waals surface area contributed by atoms with Crippen LogP contribution in [0.3, 0.4) is 0 Å². The van der Waals surface area contributed by atoms with E-state index in [0.717, 1.165) is 6.42 Å². The lowest BCUT2D eigenvalue weighted by Crippen LogP contribution is -2.55. The molecular weight excluding hydrogens is 287 g/mol. The zero-order chi connectivity index (χ0) is 15.6. The minimum atomic E-state index is -4.07. The number of halogens is 3. The minimum Gasteiger partial charge on any atom is -0.389 e. The van der Waals surface area contributed by atoms with Crippen LogP contribution in [-0.4, -0.2) is 64.3 Å². The van der Waals surface area contributed by atoms with Gasteiger partial charge in [0.2, 0.25) is 0 Å². The summed E-state index contributed by atoms with van der Waals surface area (Å²) in [6, 6.07) is 0. The van der Waals surface area contributed by atoms with E-state index in [-0.39, 0.29) is 18.8 Å². The number of aliphatic hydroxyl groups is 3. The van der Waals surface area contributed by atoms with Crippen LogP contribution in [0, 0.1) is 11.8 Å². The first-order valence-electron chi connectivity index (χ1n) is 7.60. The molecular formula is C14H24F3NO3. The third-order valence-electron chi connectivity index (χ3n) is 4.84. The van der Waals surface area contributed by atoms with Crippen LogP contribution in [0.25, 0.3) is 0 Å². The molecule has 1 aliphatic carbocycles. The Balaban J connectivity index is 1.70. The maximum absolute atomic E-state index is 12.6. The molecule has 124 valence electrons. The smallest absolute Gasteiger partial charge is 0.389 e. The van der Waals surface area contributed by atoms with Gasteiger partial charge in [-0.15, -0.1) is 0 Å². The Morgan fingerprint density at radius 2 is 1.43 bits per heavy atom. The third kappa shape index (κ3) is 4.55. The highest BCUT2D eigenvalue weighted by Gasteiger charge is 2.41. The van der Waals surface area contributed by atoms with Crippen LogP contribution < -0.4 is 0 Å². The summed E-state index contributed by atoms with van der Waals surface area (Å²) in [6.07, 6.45) is -4.73. The van der Waals surface area contributed by atoms with E-state index in [1.165, 1.54) is 0 Å². The Morgan fingerprint density at radius 3 is 1.90 bits per heavy atom. The number of aliphatic hydroxyl groups excluding tert-OH is 3. The van der Waals surface area contributed by atoms with E-state index in [9.17, 15) is 28.5 Å². The number of hydrogen-bond donors (Lipinski definition) is 3. The summed E-state index contributed by atoms with van der Waals surface area (Å²) < 4.78 is 37.7. The lowest BCUT2D eigenvalue weighted by atomic mass is 9.80. The Kier molecular flexibility index (Phi) is 5.51. The molecule has 2 unspecified atom stereocenters. The van der Waals surface area contributed by atoms with Crippen molar-refractivity contribution in [3.63, 3.8) is 0 Å². The Morgan fingerprint density at radius 1 is 0.905 bits per heavy atom.